The van der Waals surface area contributed by atoms with Gasteiger partial charge in [-0.1, -0.05) is 0 Å². The van der Waals surface area contributed by atoms with E-state index in [9.17, 15) is 0 Å². The summed E-state index contributed by atoms with van der Waals surface area (Å²) in [6, 6.07) is 0. The van der Waals surface area contributed by atoms with E-state index in [4.69, 9.17) is 9.46 Å². The first-order valence-corrected chi connectivity index (χ1v) is 1.15. The van der Waals surface area contributed by atoms with Crippen molar-refractivity contribution in [3.8, 4) is 0 Å². The molecule has 0 aromatic heterocycles. The van der Waals surface area contributed by atoms with E-state index in [1.54, 1.807) is 0 Å². The van der Waals surface area contributed by atoms with Crippen molar-refractivity contribution in [3.63, 3.8) is 0 Å². The quantitative estimate of drug-likeness (QED) is 0.310. The van der Waals surface area contributed by atoms with Crippen LogP contribution in [-0.2, 0) is 4.57 Å². The Morgan fingerprint density at radius 2 is 1.75 bits per heavy atom. The zero-order chi connectivity index (χ0) is 2.71. The molecule has 0 rings (SSSR count). The van der Waals surface area contributed by atoms with Crippen LogP contribution in [0.5, 0.6) is 0 Å². The third kappa shape index (κ3) is 16.9. The van der Waals surface area contributed by atoms with Gasteiger partial charge in [-0.25, -0.2) is 4.57 Å². The average Bonchev–Trinajstić information content (AvgIpc) is 0.918. The van der Waals surface area contributed by atoms with Crippen LogP contribution in [0.4, 0.5) is 0 Å². The van der Waals surface area contributed by atoms with Crippen molar-refractivity contribution >= 4 is 27.5 Å². The fraction of sp³-hybridized carbons (Fsp3) is 0. The summed E-state index contributed by atoms with van der Waals surface area (Å²) in [5, 5.41) is 0. The topological polar surface area (TPSA) is 37.3 Å². The maximum absolute atomic E-state index is 8.46. The third-order valence-corrected chi connectivity index (χ3v) is 0. The Morgan fingerprint density at radius 3 is 1.75 bits per heavy atom. The molecule has 0 saturated carbocycles. The van der Waals surface area contributed by atoms with Crippen LogP contribution in [-0.4, -0.2) is 23.8 Å². The van der Waals surface area contributed by atoms with Gasteiger partial charge in [0.2, 0.25) is 0 Å². The molecule has 4 heteroatoms. The second-order valence-corrected chi connectivity index (χ2v) is 0.245. The van der Waals surface area contributed by atoms with E-state index in [1.165, 1.54) is 0 Å². The molecular formula is H2LiO2P. The van der Waals surface area contributed by atoms with Gasteiger partial charge < -0.3 is 4.89 Å². The van der Waals surface area contributed by atoms with Crippen LogP contribution < -0.4 is 0 Å². The van der Waals surface area contributed by atoms with Crippen LogP contribution in [0.25, 0.3) is 0 Å². The summed E-state index contributed by atoms with van der Waals surface area (Å²) in [6.07, 6.45) is 0. The van der Waals surface area contributed by atoms with E-state index in [1.807, 2.05) is 0 Å². The molecule has 0 aliphatic rings. The molecule has 0 amide bonds. The molecule has 0 saturated heterocycles. The fourth-order valence-corrected chi connectivity index (χ4v) is 0. The molecule has 0 bridgehead atoms. The van der Waals surface area contributed by atoms with E-state index < -0.39 is 8.69 Å². The van der Waals surface area contributed by atoms with E-state index in [-0.39, 0.29) is 18.9 Å². The fourth-order valence-electron chi connectivity index (χ4n) is 0. The van der Waals surface area contributed by atoms with Crippen molar-refractivity contribution in [2.24, 2.45) is 0 Å². The van der Waals surface area contributed by atoms with Crippen molar-refractivity contribution < 1.29 is 9.46 Å². The standard InChI is InChI=1S/Li.HO2P.H/c;1-3-2;/h;(H,1,2);. The Labute approximate surface area is 37.7 Å². The van der Waals surface area contributed by atoms with Crippen LogP contribution in [0.1, 0.15) is 0 Å². The third-order valence-electron chi connectivity index (χ3n) is 0. The Balaban J connectivity index is 0. The Kier molecular flexibility index (Phi) is 20.7. The molecule has 0 heterocycles. The molecule has 20 valence electrons. The first kappa shape index (κ1) is 8.82. The van der Waals surface area contributed by atoms with Crippen molar-refractivity contribution in [2.45, 2.75) is 0 Å². The SMILES string of the molecule is O=PO.[LiH]. The zero-order valence-corrected chi connectivity index (χ0v) is 2.20. The van der Waals surface area contributed by atoms with Crippen molar-refractivity contribution in [3.05, 3.63) is 0 Å². The number of rotatable bonds is 0. The van der Waals surface area contributed by atoms with Gasteiger partial charge >= 0.3 is 27.5 Å². The van der Waals surface area contributed by atoms with Gasteiger partial charge in [-0.05, 0) is 0 Å². The van der Waals surface area contributed by atoms with Gasteiger partial charge in [0.25, 0.3) is 0 Å². The molecule has 0 fully saturated rings. The maximum atomic E-state index is 8.46. The van der Waals surface area contributed by atoms with E-state index in [0.717, 1.165) is 0 Å². The minimum absolute atomic E-state index is 0. The summed E-state index contributed by atoms with van der Waals surface area (Å²) in [7, 11) is -0.833. The molecule has 0 spiro atoms. The van der Waals surface area contributed by atoms with E-state index in [0.29, 0.717) is 0 Å². The Hall–Kier alpha value is 0.657. The molecule has 2 nitrogen and oxygen atoms in total. The Morgan fingerprint density at radius 1 is 1.75 bits per heavy atom. The monoisotopic (exact) mass is 72.0 g/mol. The minimum atomic E-state index is -0.833. The van der Waals surface area contributed by atoms with Gasteiger partial charge in [0.1, 0.15) is 0 Å². The molecular weight excluding hydrogens is 69.9 g/mol. The van der Waals surface area contributed by atoms with Crippen molar-refractivity contribution in [1.82, 2.24) is 0 Å². The summed E-state index contributed by atoms with van der Waals surface area (Å²) >= 11 is 0. The molecule has 0 radical (unpaired) electrons. The second kappa shape index (κ2) is 9.40. The summed E-state index contributed by atoms with van der Waals surface area (Å²) in [5.74, 6) is 0. The van der Waals surface area contributed by atoms with Crippen molar-refractivity contribution in [2.75, 3.05) is 0 Å². The summed E-state index contributed by atoms with van der Waals surface area (Å²) in [4.78, 5) is 6.99. The zero-order valence-electron chi connectivity index (χ0n) is 1.30. The molecule has 0 aliphatic heterocycles. The van der Waals surface area contributed by atoms with E-state index in [2.05, 4.69) is 0 Å². The molecule has 0 aromatic rings. The predicted octanol–water partition coefficient (Wildman–Crippen LogP) is -0.463. The van der Waals surface area contributed by atoms with Gasteiger partial charge in [0.05, 0.1) is 0 Å². The van der Waals surface area contributed by atoms with E-state index >= 15 is 0 Å². The van der Waals surface area contributed by atoms with Gasteiger partial charge in [0.15, 0.2) is 0 Å². The molecule has 0 aromatic carbocycles. The molecule has 0 aliphatic carbocycles. The predicted molar refractivity (Wildman–Crippen MR) is 17.0 cm³/mol. The van der Waals surface area contributed by atoms with Gasteiger partial charge in [-0.15, -0.1) is 0 Å². The molecule has 0 atom stereocenters. The van der Waals surface area contributed by atoms with Crippen LogP contribution in [0, 0.1) is 0 Å². The van der Waals surface area contributed by atoms with Crippen LogP contribution in [0.3, 0.4) is 0 Å². The number of hydrogen-bond donors (Lipinski definition) is 1. The van der Waals surface area contributed by atoms with Crippen LogP contribution in [0.2, 0.25) is 0 Å². The average molecular weight is 71.9 g/mol. The van der Waals surface area contributed by atoms with Crippen LogP contribution >= 0.6 is 8.69 Å². The first-order valence-electron chi connectivity index (χ1n) is 0.383. The van der Waals surface area contributed by atoms with Crippen LogP contribution in [0.15, 0.2) is 0 Å². The molecule has 1 N–H and O–H groups in total. The van der Waals surface area contributed by atoms with Crippen molar-refractivity contribution in [1.29, 1.82) is 0 Å². The summed E-state index contributed by atoms with van der Waals surface area (Å²) < 4.78 is 8.46. The molecule has 0 unspecified atom stereocenters. The second-order valence-electron chi connectivity index (χ2n) is 0.0816. The van der Waals surface area contributed by atoms with Gasteiger partial charge in [-0.2, -0.15) is 0 Å². The number of hydrogen-bond acceptors (Lipinski definition) is 1. The van der Waals surface area contributed by atoms with Gasteiger partial charge in [-0.3, -0.25) is 0 Å². The Bertz CT molecular complexity index is 13.5. The normalized spacial score (nSPS) is 5.25. The van der Waals surface area contributed by atoms with Gasteiger partial charge in [0, 0.05) is 0 Å². The summed E-state index contributed by atoms with van der Waals surface area (Å²) in [5.41, 5.74) is 0. The first-order chi connectivity index (χ1) is 1.41. The molecule has 4 heavy (non-hydrogen) atoms. The summed E-state index contributed by atoms with van der Waals surface area (Å²) in [6.45, 7) is 0.